The number of hydrogen-bond acceptors (Lipinski definition) is 6. The summed E-state index contributed by atoms with van der Waals surface area (Å²) >= 11 is 3.06. The molecular formula is C17H15F3N4O2S2. The average Bonchev–Trinajstić information content (AvgIpc) is 3.22. The lowest BCUT2D eigenvalue weighted by atomic mass is 10.2. The van der Waals surface area contributed by atoms with Gasteiger partial charge in [-0.25, -0.2) is 9.36 Å². The summed E-state index contributed by atoms with van der Waals surface area (Å²) in [5.74, 6) is 0.971. The molecule has 3 heterocycles. The molecule has 1 aliphatic rings. The number of aromatic nitrogens is 3. The first-order valence-electron chi connectivity index (χ1n) is 8.30. The summed E-state index contributed by atoms with van der Waals surface area (Å²) in [6.07, 6.45) is -4.79. The molecule has 28 heavy (non-hydrogen) atoms. The summed E-state index contributed by atoms with van der Waals surface area (Å²) in [6, 6.07) is 5.37. The molecular weight excluding hydrogens is 413 g/mol. The predicted molar refractivity (Wildman–Crippen MR) is 103 cm³/mol. The zero-order valence-corrected chi connectivity index (χ0v) is 16.5. The minimum absolute atomic E-state index is 0.0659. The molecule has 0 amide bonds. The average molecular weight is 428 g/mol. The van der Waals surface area contributed by atoms with Gasteiger partial charge < -0.3 is 0 Å². The van der Waals surface area contributed by atoms with Gasteiger partial charge in [-0.2, -0.15) is 17.5 Å². The predicted octanol–water partition coefficient (Wildman–Crippen LogP) is 2.84. The van der Waals surface area contributed by atoms with Crippen LogP contribution in [-0.4, -0.2) is 37.8 Å². The van der Waals surface area contributed by atoms with E-state index < -0.39 is 23.1 Å². The van der Waals surface area contributed by atoms with Crippen molar-refractivity contribution in [3.05, 3.63) is 56.5 Å². The molecule has 4 rings (SSSR count). The zero-order chi connectivity index (χ0) is 20.2. The number of benzene rings is 1. The van der Waals surface area contributed by atoms with Crippen molar-refractivity contribution in [2.75, 3.05) is 19.3 Å². The lowest BCUT2D eigenvalue weighted by molar-refractivity contribution is -0.144. The molecule has 3 aromatic rings. The van der Waals surface area contributed by atoms with Gasteiger partial charge in [0.1, 0.15) is 11.1 Å². The molecule has 1 fully saturated rings. The highest BCUT2D eigenvalue weighted by Crippen LogP contribution is 2.40. The molecule has 11 heteroatoms. The highest BCUT2D eigenvalue weighted by Gasteiger charge is 2.35. The van der Waals surface area contributed by atoms with Crippen LogP contribution in [0.15, 0.2) is 33.9 Å². The molecule has 148 valence electrons. The van der Waals surface area contributed by atoms with Gasteiger partial charge in [-0.05, 0) is 36.8 Å². The Labute approximate surface area is 165 Å². The normalized spacial score (nSPS) is 18.2. The van der Waals surface area contributed by atoms with Crippen LogP contribution >= 0.6 is 23.3 Å². The van der Waals surface area contributed by atoms with Crippen LogP contribution in [0.5, 0.6) is 0 Å². The van der Waals surface area contributed by atoms with Crippen LogP contribution in [0.2, 0.25) is 0 Å². The van der Waals surface area contributed by atoms with E-state index >= 15 is 0 Å². The number of hydrogen-bond donors (Lipinski definition) is 0. The van der Waals surface area contributed by atoms with Gasteiger partial charge in [0.05, 0.1) is 16.1 Å². The summed E-state index contributed by atoms with van der Waals surface area (Å²) in [4.78, 5) is 27.0. The Balaban J connectivity index is 1.90. The fourth-order valence-corrected chi connectivity index (χ4v) is 5.40. The number of fused-ring (bicyclic) bond motifs is 1. The van der Waals surface area contributed by atoms with Gasteiger partial charge in [-0.15, -0.1) is 11.8 Å². The Morgan fingerprint density at radius 1 is 1.18 bits per heavy atom. The first-order chi connectivity index (χ1) is 13.2. The Bertz CT molecular complexity index is 1180. The van der Waals surface area contributed by atoms with E-state index in [0.717, 1.165) is 39.7 Å². The van der Waals surface area contributed by atoms with Crippen molar-refractivity contribution in [1.82, 2.24) is 18.4 Å². The Morgan fingerprint density at radius 2 is 1.93 bits per heavy atom. The maximum Gasteiger partial charge on any atom is 0.431 e. The van der Waals surface area contributed by atoms with Crippen LogP contribution in [0.1, 0.15) is 16.8 Å². The summed E-state index contributed by atoms with van der Waals surface area (Å²) in [6.45, 7) is 0.924. The van der Waals surface area contributed by atoms with Gasteiger partial charge in [0.2, 0.25) is 0 Å². The highest BCUT2D eigenvalue weighted by atomic mass is 32.2. The molecule has 1 aliphatic heterocycles. The van der Waals surface area contributed by atoms with Crippen molar-refractivity contribution in [3.63, 3.8) is 0 Å². The molecule has 0 saturated carbocycles. The second-order valence-electron chi connectivity index (χ2n) is 6.49. The molecule has 0 bridgehead atoms. The highest BCUT2D eigenvalue weighted by molar-refractivity contribution is 7.99. The van der Waals surface area contributed by atoms with E-state index in [1.54, 1.807) is 30.0 Å². The van der Waals surface area contributed by atoms with Crippen molar-refractivity contribution < 1.29 is 13.2 Å². The third-order valence-electron chi connectivity index (χ3n) is 4.70. The molecule has 0 spiro atoms. The summed E-state index contributed by atoms with van der Waals surface area (Å²) < 4.78 is 45.8. The van der Waals surface area contributed by atoms with E-state index in [1.165, 1.54) is 11.5 Å². The van der Waals surface area contributed by atoms with Crippen LogP contribution in [-0.2, 0) is 13.2 Å². The SMILES string of the molecule is CN1CCSC1c1nsc2ccc(-n3c(=O)cc(C(F)(F)F)n(C)c3=O)cc12. The zero-order valence-electron chi connectivity index (χ0n) is 14.9. The van der Waals surface area contributed by atoms with Crippen molar-refractivity contribution in [2.24, 2.45) is 7.05 Å². The van der Waals surface area contributed by atoms with E-state index in [1.807, 2.05) is 7.05 Å². The fraction of sp³-hybridized carbons (Fsp3) is 0.353. The smallest absolute Gasteiger partial charge is 0.292 e. The molecule has 0 aliphatic carbocycles. The standard InChI is InChI=1S/C17H15F3N4O2S2/c1-22-5-6-27-15(22)14-10-7-9(3-4-11(10)28-21-14)24-13(25)8-12(17(18,19)20)23(2)16(24)26/h3-4,7-8,15H,5-6H2,1-2H3. The Morgan fingerprint density at radius 3 is 2.57 bits per heavy atom. The molecule has 0 N–H and O–H groups in total. The fourth-order valence-electron chi connectivity index (χ4n) is 3.24. The van der Waals surface area contributed by atoms with Crippen LogP contribution < -0.4 is 11.2 Å². The molecule has 2 aromatic heterocycles. The molecule has 1 atom stereocenters. The largest absolute Gasteiger partial charge is 0.431 e. The van der Waals surface area contributed by atoms with Crippen LogP contribution in [0.25, 0.3) is 15.8 Å². The number of thioether (sulfide) groups is 1. The van der Waals surface area contributed by atoms with Crippen LogP contribution in [0, 0.1) is 0 Å². The summed E-state index contributed by atoms with van der Waals surface area (Å²) in [5.41, 5.74) is -2.28. The van der Waals surface area contributed by atoms with E-state index in [9.17, 15) is 22.8 Å². The number of rotatable bonds is 2. The van der Waals surface area contributed by atoms with E-state index in [4.69, 9.17) is 0 Å². The van der Waals surface area contributed by atoms with Gasteiger partial charge in [-0.1, -0.05) is 0 Å². The number of alkyl halides is 3. The lowest BCUT2D eigenvalue weighted by Crippen LogP contribution is -2.40. The van der Waals surface area contributed by atoms with Gasteiger partial charge in [0, 0.05) is 30.8 Å². The van der Waals surface area contributed by atoms with Crippen molar-refractivity contribution in [3.8, 4) is 5.69 Å². The van der Waals surface area contributed by atoms with E-state index in [0.29, 0.717) is 10.6 Å². The van der Waals surface area contributed by atoms with E-state index in [-0.39, 0.29) is 11.1 Å². The number of halogens is 3. The molecule has 0 radical (unpaired) electrons. The lowest BCUT2D eigenvalue weighted by Gasteiger charge is -2.17. The quantitative estimate of drug-likeness (QED) is 0.628. The molecule has 6 nitrogen and oxygen atoms in total. The summed E-state index contributed by atoms with van der Waals surface area (Å²) in [7, 11) is 3.00. The van der Waals surface area contributed by atoms with Crippen LogP contribution in [0.4, 0.5) is 13.2 Å². The van der Waals surface area contributed by atoms with Gasteiger partial charge in [-0.3, -0.25) is 14.3 Å². The van der Waals surface area contributed by atoms with Crippen molar-refractivity contribution in [2.45, 2.75) is 11.6 Å². The topological polar surface area (TPSA) is 60.1 Å². The second kappa shape index (κ2) is 6.75. The minimum atomic E-state index is -4.79. The first-order valence-corrected chi connectivity index (χ1v) is 10.1. The monoisotopic (exact) mass is 428 g/mol. The molecule has 1 unspecified atom stereocenters. The van der Waals surface area contributed by atoms with Gasteiger partial charge in [0.25, 0.3) is 5.56 Å². The molecule has 1 saturated heterocycles. The maximum absolute atomic E-state index is 13.1. The third-order valence-corrected chi connectivity index (χ3v) is 6.86. The Kier molecular flexibility index (Phi) is 4.63. The first kappa shape index (κ1) is 19.2. The molecule has 1 aromatic carbocycles. The number of nitrogens with zero attached hydrogens (tertiary/aromatic N) is 4. The second-order valence-corrected chi connectivity index (χ2v) is 8.49. The third kappa shape index (κ3) is 3.07. The van der Waals surface area contributed by atoms with Crippen molar-refractivity contribution >= 4 is 33.4 Å². The Hall–Kier alpha value is -2.11. The van der Waals surface area contributed by atoms with Crippen LogP contribution in [0.3, 0.4) is 0 Å². The van der Waals surface area contributed by atoms with E-state index in [2.05, 4.69) is 9.27 Å². The maximum atomic E-state index is 13.1. The minimum Gasteiger partial charge on any atom is -0.292 e. The van der Waals surface area contributed by atoms with Gasteiger partial charge in [0.15, 0.2) is 0 Å². The summed E-state index contributed by atoms with van der Waals surface area (Å²) in [5, 5.41) is 0.860. The van der Waals surface area contributed by atoms with Gasteiger partial charge >= 0.3 is 11.9 Å². The van der Waals surface area contributed by atoms with Crippen molar-refractivity contribution in [1.29, 1.82) is 0 Å².